The number of amides is 1. The van der Waals surface area contributed by atoms with Crippen LogP contribution in [0.5, 0.6) is 0 Å². The fraction of sp³-hybridized carbons (Fsp3) is 0.192. The van der Waals surface area contributed by atoms with Crippen LogP contribution >= 0.6 is 15.9 Å². The summed E-state index contributed by atoms with van der Waals surface area (Å²) >= 11 is 3.45. The van der Waals surface area contributed by atoms with Crippen molar-refractivity contribution in [2.75, 3.05) is 7.05 Å². The second-order valence-corrected chi connectivity index (χ2v) is 8.73. The van der Waals surface area contributed by atoms with Crippen LogP contribution in [0.25, 0.3) is 16.6 Å². The van der Waals surface area contributed by atoms with Crippen LogP contribution in [-0.4, -0.2) is 27.4 Å². The summed E-state index contributed by atoms with van der Waals surface area (Å²) in [6.07, 6.45) is 0.607. The van der Waals surface area contributed by atoms with Gasteiger partial charge in [0.2, 0.25) is 0 Å². The molecule has 1 aromatic heterocycles. The second kappa shape index (κ2) is 9.09. The third kappa shape index (κ3) is 4.10. The summed E-state index contributed by atoms with van der Waals surface area (Å²) in [6, 6.07) is 22.0. The lowest BCUT2D eigenvalue weighted by Crippen LogP contribution is -2.36. The van der Waals surface area contributed by atoms with E-state index in [0.29, 0.717) is 34.4 Å². The predicted molar refractivity (Wildman–Crippen MR) is 131 cm³/mol. The zero-order valence-corrected chi connectivity index (χ0v) is 19.8. The van der Waals surface area contributed by atoms with E-state index in [4.69, 9.17) is 4.98 Å². The summed E-state index contributed by atoms with van der Waals surface area (Å²) in [5.41, 5.74) is 2.88. The lowest BCUT2D eigenvalue weighted by atomic mass is 10.1. The summed E-state index contributed by atoms with van der Waals surface area (Å²) in [5, 5.41) is 0.543. The largest absolute Gasteiger partial charge is 0.332 e. The highest BCUT2D eigenvalue weighted by atomic mass is 79.9. The molecule has 5 nitrogen and oxygen atoms in total. The lowest BCUT2D eigenvalue weighted by molar-refractivity contribution is 0.0717. The number of fused-ring (bicyclic) bond motifs is 1. The van der Waals surface area contributed by atoms with Crippen molar-refractivity contribution in [3.8, 4) is 5.69 Å². The van der Waals surface area contributed by atoms with E-state index < -0.39 is 0 Å². The van der Waals surface area contributed by atoms with Gasteiger partial charge in [-0.3, -0.25) is 14.2 Å². The van der Waals surface area contributed by atoms with Gasteiger partial charge in [-0.2, -0.15) is 0 Å². The predicted octanol–water partition coefficient (Wildman–Crippen LogP) is 5.68. The monoisotopic (exact) mass is 489 g/mol. The van der Waals surface area contributed by atoms with Crippen molar-refractivity contribution in [3.63, 3.8) is 0 Å². The van der Waals surface area contributed by atoms with Gasteiger partial charge in [0.05, 0.1) is 22.6 Å². The van der Waals surface area contributed by atoms with Crippen LogP contribution in [0.4, 0.5) is 0 Å². The normalized spacial score (nSPS) is 12.0. The first-order valence-corrected chi connectivity index (χ1v) is 11.3. The highest BCUT2D eigenvalue weighted by molar-refractivity contribution is 9.10. The summed E-state index contributed by atoms with van der Waals surface area (Å²) in [4.78, 5) is 33.4. The molecule has 6 heteroatoms. The Morgan fingerprint density at radius 2 is 1.69 bits per heavy atom. The number of aryl methyl sites for hydroxylation is 1. The molecule has 162 valence electrons. The highest BCUT2D eigenvalue weighted by Crippen LogP contribution is 2.26. The zero-order valence-electron chi connectivity index (χ0n) is 18.2. The number of hydrogen-bond acceptors (Lipinski definition) is 3. The molecule has 0 N–H and O–H groups in total. The van der Waals surface area contributed by atoms with Crippen LogP contribution in [0.2, 0.25) is 0 Å². The van der Waals surface area contributed by atoms with Gasteiger partial charge < -0.3 is 4.90 Å². The van der Waals surface area contributed by atoms with E-state index in [0.717, 1.165) is 10.0 Å². The average molecular weight is 490 g/mol. The number of nitrogens with zero attached hydrogens (tertiary/aromatic N) is 3. The first kappa shape index (κ1) is 22.0. The van der Waals surface area contributed by atoms with Crippen molar-refractivity contribution >= 4 is 32.7 Å². The van der Waals surface area contributed by atoms with E-state index >= 15 is 0 Å². The fourth-order valence-electron chi connectivity index (χ4n) is 3.88. The first-order valence-electron chi connectivity index (χ1n) is 10.5. The first-order chi connectivity index (χ1) is 15.4. The second-order valence-electron chi connectivity index (χ2n) is 7.81. The topological polar surface area (TPSA) is 55.2 Å². The molecule has 0 aliphatic heterocycles. The van der Waals surface area contributed by atoms with Gasteiger partial charge in [0.15, 0.2) is 0 Å². The van der Waals surface area contributed by atoms with Crippen LogP contribution in [0, 0.1) is 6.92 Å². The van der Waals surface area contributed by atoms with Gasteiger partial charge in [0.1, 0.15) is 5.82 Å². The van der Waals surface area contributed by atoms with Gasteiger partial charge in [-0.25, -0.2) is 4.98 Å². The van der Waals surface area contributed by atoms with E-state index in [1.165, 1.54) is 0 Å². The number of benzene rings is 3. The quantitative estimate of drug-likeness (QED) is 0.362. The fourth-order valence-corrected chi connectivity index (χ4v) is 4.15. The lowest BCUT2D eigenvalue weighted by Gasteiger charge is -2.29. The Kier molecular flexibility index (Phi) is 6.24. The van der Waals surface area contributed by atoms with E-state index in [1.54, 1.807) is 22.6 Å². The van der Waals surface area contributed by atoms with Gasteiger partial charge in [-0.1, -0.05) is 52.7 Å². The molecule has 1 heterocycles. The highest BCUT2D eigenvalue weighted by Gasteiger charge is 2.27. The van der Waals surface area contributed by atoms with Gasteiger partial charge in [0.25, 0.3) is 11.5 Å². The molecule has 4 aromatic rings. The van der Waals surface area contributed by atoms with Crippen molar-refractivity contribution < 1.29 is 4.79 Å². The molecule has 1 unspecified atom stereocenters. The van der Waals surface area contributed by atoms with Gasteiger partial charge in [-0.15, -0.1) is 0 Å². The Balaban J connectivity index is 1.89. The van der Waals surface area contributed by atoms with Crippen molar-refractivity contribution in [3.05, 3.63) is 105 Å². The van der Waals surface area contributed by atoms with Gasteiger partial charge in [-0.05, 0) is 61.9 Å². The molecule has 32 heavy (non-hydrogen) atoms. The third-order valence-electron chi connectivity index (χ3n) is 5.66. The summed E-state index contributed by atoms with van der Waals surface area (Å²) < 4.78 is 2.55. The molecular formula is C26H24BrN3O2. The maximum absolute atomic E-state index is 13.6. The molecule has 0 fully saturated rings. The third-order valence-corrected chi connectivity index (χ3v) is 6.19. The molecule has 0 spiro atoms. The van der Waals surface area contributed by atoms with Crippen LogP contribution < -0.4 is 5.56 Å². The smallest absolute Gasteiger partial charge is 0.266 e. The molecule has 3 aromatic carbocycles. The van der Waals surface area contributed by atoms with E-state index in [-0.39, 0.29) is 17.5 Å². The van der Waals surface area contributed by atoms with Crippen LogP contribution in [-0.2, 0) is 0 Å². The van der Waals surface area contributed by atoms with Gasteiger partial charge >= 0.3 is 0 Å². The number of rotatable bonds is 5. The Hall–Kier alpha value is -3.25. The number of carbonyl (C=O) groups is 1. The Bertz CT molecular complexity index is 1330. The molecule has 1 amide bonds. The minimum absolute atomic E-state index is 0.110. The van der Waals surface area contributed by atoms with Crippen LogP contribution in [0.1, 0.15) is 41.1 Å². The standard InChI is InChI=1S/C26H24BrN3O2/c1-4-23(29(3)25(31)18-11-9-17(2)10-12-18)24-28-22-8-6-5-7-21(22)26(32)30(24)20-15-13-19(27)14-16-20/h5-16,23H,4H2,1-3H3. The molecule has 1 atom stereocenters. The maximum atomic E-state index is 13.6. The van der Waals surface area contributed by atoms with Crippen molar-refractivity contribution in [1.82, 2.24) is 14.5 Å². The van der Waals surface area contributed by atoms with E-state index in [9.17, 15) is 9.59 Å². The average Bonchev–Trinajstić information content (AvgIpc) is 2.80. The minimum atomic E-state index is -0.384. The number of halogens is 1. The zero-order chi connectivity index (χ0) is 22.8. The van der Waals surface area contributed by atoms with Crippen LogP contribution in [0.3, 0.4) is 0 Å². The summed E-state index contributed by atoms with van der Waals surface area (Å²) in [6.45, 7) is 3.99. The molecule has 0 aliphatic rings. The van der Waals surface area contributed by atoms with Gasteiger partial charge in [0, 0.05) is 17.1 Å². The van der Waals surface area contributed by atoms with Crippen molar-refractivity contribution in [1.29, 1.82) is 0 Å². The molecule has 0 saturated carbocycles. The van der Waals surface area contributed by atoms with E-state index in [1.807, 2.05) is 80.6 Å². The Morgan fingerprint density at radius 1 is 1.03 bits per heavy atom. The van der Waals surface area contributed by atoms with Crippen molar-refractivity contribution in [2.45, 2.75) is 26.3 Å². The van der Waals surface area contributed by atoms with E-state index in [2.05, 4.69) is 15.9 Å². The number of aromatic nitrogens is 2. The van der Waals surface area contributed by atoms with Crippen molar-refractivity contribution in [2.24, 2.45) is 0 Å². The molecular weight excluding hydrogens is 466 g/mol. The Morgan fingerprint density at radius 3 is 2.34 bits per heavy atom. The SMILES string of the molecule is CCC(c1nc2ccccc2c(=O)n1-c1ccc(Br)cc1)N(C)C(=O)c1ccc(C)cc1. The summed E-state index contributed by atoms with van der Waals surface area (Å²) in [7, 11) is 1.77. The Labute approximate surface area is 195 Å². The number of carbonyl (C=O) groups excluding carboxylic acids is 1. The maximum Gasteiger partial charge on any atom is 0.266 e. The molecule has 4 rings (SSSR count). The molecule has 0 aliphatic carbocycles. The van der Waals surface area contributed by atoms with Crippen LogP contribution in [0.15, 0.2) is 82.1 Å². The molecule has 0 saturated heterocycles. The molecule has 0 radical (unpaired) electrons. The number of hydrogen-bond donors (Lipinski definition) is 0. The summed E-state index contributed by atoms with van der Waals surface area (Å²) in [5.74, 6) is 0.433. The minimum Gasteiger partial charge on any atom is -0.332 e. The molecule has 0 bridgehead atoms. The number of para-hydroxylation sites is 1.